The Kier molecular flexibility index (Phi) is 4.62. The largest absolute Gasteiger partial charge is 0.497 e. The maximum Gasteiger partial charge on any atom is 0.119 e. The second-order valence-corrected chi connectivity index (χ2v) is 3.19. The first-order valence-electron chi connectivity index (χ1n) is 4.32. The molecule has 1 atom stereocenters. The Morgan fingerprint density at radius 2 is 1.86 bits per heavy atom. The predicted molar refractivity (Wildman–Crippen MR) is 58.3 cm³/mol. The van der Waals surface area contributed by atoms with Gasteiger partial charge in [0.25, 0.3) is 0 Å². The van der Waals surface area contributed by atoms with Crippen molar-refractivity contribution in [3.8, 4) is 11.5 Å². The molecule has 1 aromatic rings. The van der Waals surface area contributed by atoms with E-state index in [-0.39, 0.29) is 6.61 Å². The Morgan fingerprint density at radius 1 is 1.29 bits per heavy atom. The van der Waals surface area contributed by atoms with E-state index in [1.165, 1.54) is 0 Å². The number of hydrogen-bond donors (Lipinski definition) is 2. The highest BCUT2D eigenvalue weighted by Crippen LogP contribution is 2.16. The van der Waals surface area contributed by atoms with E-state index in [0.29, 0.717) is 11.5 Å². The number of benzene rings is 1. The average molecular weight is 214 g/mol. The van der Waals surface area contributed by atoms with E-state index in [0.717, 1.165) is 5.75 Å². The Bertz CT molecular complexity index is 261. The van der Waals surface area contributed by atoms with Crippen LogP contribution in [0.5, 0.6) is 11.5 Å². The van der Waals surface area contributed by atoms with Crippen LogP contribution in [0.3, 0.4) is 0 Å². The molecule has 1 rings (SSSR count). The summed E-state index contributed by atoms with van der Waals surface area (Å²) in [6.45, 7) is 0.260. The van der Waals surface area contributed by atoms with Crippen molar-refractivity contribution in [1.82, 2.24) is 0 Å². The zero-order valence-corrected chi connectivity index (χ0v) is 8.91. The Morgan fingerprint density at radius 3 is 2.36 bits per heavy atom. The summed E-state index contributed by atoms with van der Waals surface area (Å²) in [5, 5.41) is 9.19. The number of methoxy groups -OCH3 is 1. The van der Waals surface area contributed by atoms with Gasteiger partial charge in [-0.15, -0.1) is 0 Å². The maximum absolute atomic E-state index is 9.19. The predicted octanol–water partition coefficient (Wildman–Crippen LogP) is 1.36. The normalized spacial score (nSPS) is 12.2. The molecule has 0 amide bonds. The fourth-order valence-electron chi connectivity index (χ4n) is 0.917. The highest BCUT2D eigenvalue weighted by Gasteiger charge is 2.02. The van der Waals surface area contributed by atoms with Crippen molar-refractivity contribution in [3.05, 3.63) is 24.3 Å². The van der Waals surface area contributed by atoms with E-state index in [9.17, 15) is 5.11 Å². The third kappa shape index (κ3) is 3.47. The number of rotatable bonds is 5. The second kappa shape index (κ2) is 5.78. The Hall–Kier alpha value is -0.870. The maximum atomic E-state index is 9.19. The molecule has 0 aliphatic carbocycles. The summed E-state index contributed by atoms with van der Waals surface area (Å²) in [6, 6.07) is 7.21. The van der Waals surface area contributed by atoms with Gasteiger partial charge in [-0.05, 0) is 24.3 Å². The number of thiol groups is 1. The number of aliphatic hydroxyl groups excluding tert-OH is 1. The molecular formula is C10H14O3S. The SMILES string of the molecule is COc1ccc(OCC(O)CS)cc1. The molecule has 0 aromatic heterocycles. The molecule has 0 saturated carbocycles. The van der Waals surface area contributed by atoms with Crippen LogP contribution in [-0.4, -0.2) is 30.7 Å². The van der Waals surface area contributed by atoms with Crippen molar-refractivity contribution < 1.29 is 14.6 Å². The summed E-state index contributed by atoms with van der Waals surface area (Å²) in [6.07, 6.45) is -0.527. The van der Waals surface area contributed by atoms with Gasteiger partial charge in [-0.2, -0.15) is 12.6 Å². The minimum Gasteiger partial charge on any atom is -0.497 e. The molecule has 0 heterocycles. The van der Waals surface area contributed by atoms with Crippen LogP contribution in [0.1, 0.15) is 0 Å². The highest BCUT2D eigenvalue weighted by atomic mass is 32.1. The quantitative estimate of drug-likeness (QED) is 0.727. The molecule has 0 radical (unpaired) electrons. The lowest BCUT2D eigenvalue weighted by Gasteiger charge is -2.10. The Labute approximate surface area is 89.1 Å². The van der Waals surface area contributed by atoms with Crippen LogP contribution in [0.15, 0.2) is 24.3 Å². The molecule has 0 aliphatic heterocycles. The van der Waals surface area contributed by atoms with Crippen LogP contribution in [0.4, 0.5) is 0 Å². The van der Waals surface area contributed by atoms with Gasteiger partial charge < -0.3 is 14.6 Å². The summed E-state index contributed by atoms with van der Waals surface area (Å²) >= 11 is 3.94. The van der Waals surface area contributed by atoms with E-state index in [2.05, 4.69) is 12.6 Å². The molecule has 0 spiro atoms. The van der Waals surface area contributed by atoms with Gasteiger partial charge >= 0.3 is 0 Å². The molecule has 0 bridgehead atoms. The lowest BCUT2D eigenvalue weighted by atomic mass is 10.3. The first kappa shape index (κ1) is 11.2. The molecule has 78 valence electrons. The van der Waals surface area contributed by atoms with Crippen LogP contribution in [0, 0.1) is 0 Å². The van der Waals surface area contributed by atoms with Crippen molar-refractivity contribution >= 4 is 12.6 Å². The minimum atomic E-state index is -0.527. The fourth-order valence-corrected chi connectivity index (χ4v) is 1.02. The smallest absolute Gasteiger partial charge is 0.119 e. The van der Waals surface area contributed by atoms with Gasteiger partial charge in [-0.1, -0.05) is 0 Å². The molecule has 14 heavy (non-hydrogen) atoms. The monoisotopic (exact) mass is 214 g/mol. The van der Waals surface area contributed by atoms with Crippen LogP contribution in [0.2, 0.25) is 0 Å². The number of ether oxygens (including phenoxy) is 2. The zero-order valence-electron chi connectivity index (χ0n) is 8.01. The van der Waals surface area contributed by atoms with E-state index in [1.807, 2.05) is 12.1 Å². The van der Waals surface area contributed by atoms with E-state index < -0.39 is 6.10 Å². The summed E-state index contributed by atoms with van der Waals surface area (Å²) in [7, 11) is 1.61. The Balaban J connectivity index is 2.43. The van der Waals surface area contributed by atoms with Crippen molar-refractivity contribution in [3.63, 3.8) is 0 Å². The van der Waals surface area contributed by atoms with Gasteiger partial charge in [0.2, 0.25) is 0 Å². The lowest BCUT2D eigenvalue weighted by Crippen LogP contribution is -2.18. The highest BCUT2D eigenvalue weighted by molar-refractivity contribution is 7.80. The number of hydrogen-bond acceptors (Lipinski definition) is 4. The molecule has 0 saturated heterocycles. The molecule has 1 N–H and O–H groups in total. The van der Waals surface area contributed by atoms with Crippen LogP contribution in [0.25, 0.3) is 0 Å². The van der Waals surface area contributed by atoms with Crippen LogP contribution >= 0.6 is 12.6 Å². The van der Waals surface area contributed by atoms with Gasteiger partial charge in [-0.3, -0.25) is 0 Å². The van der Waals surface area contributed by atoms with Crippen molar-refractivity contribution in [2.45, 2.75) is 6.10 Å². The van der Waals surface area contributed by atoms with Gasteiger partial charge in [0.1, 0.15) is 18.1 Å². The molecular weight excluding hydrogens is 200 g/mol. The van der Waals surface area contributed by atoms with Gasteiger partial charge in [0, 0.05) is 5.75 Å². The molecule has 0 fully saturated rings. The number of aliphatic hydroxyl groups is 1. The molecule has 3 nitrogen and oxygen atoms in total. The average Bonchev–Trinajstić information content (AvgIpc) is 2.26. The van der Waals surface area contributed by atoms with Crippen molar-refractivity contribution in [2.75, 3.05) is 19.5 Å². The van der Waals surface area contributed by atoms with E-state index in [1.54, 1.807) is 19.2 Å². The third-order valence-electron chi connectivity index (χ3n) is 1.71. The molecule has 4 heteroatoms. The zero-order chi connectivity index (χ0) is 10.4. The van der Waals surface area contributed by atoms with Crippen molar-refractivity contribution in [1.29, 1.82) is 0 Å². The van der Waals surface area contributed by atoms with Gasteiger partial charge in [0.05, 0.1) is 13.2 Å². The van der Waals surface area contributed by atoms with Crippen molar-refractivity contribution in [2.24, 2.45) is 0 Å². The lowest BCUT2D eigenvalue weighted by molar-refractivity contribution is 0.126. The first-order valence-corrected chi connectivity index (χ1v) is 4.95. The molecule has 1 unspecified atom stereocenters. The topological polar surface area (TPSA) is 38.7 Å². The first-order chi connectivity index (χ1) is 6.76. The summed E-state index contributed by atoms with van der Waals surface area (Å²) in [5.41, 5.74) is 0. The molecule has 1 aromatic carbocycles. The second-order valence-electron chi connectivity index (χ2n) is 2.82. The van der Waals surface area contributed by atoms with E-state index in [4.69, 9.17) is 9.47 Å². The summed E-state index contributed by atoms with van der Waals surface area (Å²) in [5.74, 6) is 1.90. The standard InChI is InChI=1S/C10H14O3S/c1-12-9-2-4-10(5-3-9)13-6-8(11)7-14/h2-5,8,11,14H,6-7H2,1H3. The van der Waals surface area contributed by atoms with Gasteiger partial charge in [-0.25, -0.2) is 0 Å². The third-order valence-corrected chi connectivity index (χ3v) is 2.13. The van der Waals surface area contributed by atoms with Crippen LogP contribution < -0.4 is 9.47 Å². The summed E-state index contributed by atoms with van der Waals surface area (Å²) in [4.78, 5) is 0. The van der Waals surface area contributed by atoms with Crippen LogP contribution in [-0.2, 0) is 0 Å². The fraction of sp³-hybridized carbons (Fsp3) is 0.400. The minimum absolute atomic E-state index is 0.260. The molecule has 0 aliphatic rings. The summed E-state index contributed by atoms with van der Waals surface area (Å²) < 4.78 is 10.3. The van der Waals surface area contributed by atoms with E-state index >= 15 is 0 Å². The van der Waals surface area contributed by atoms with Gasteiger partial charge in [0.15, 0.2) is 0 Å².